The second kappa shape index (κ2) is 7.03. The Bertz CT molecular complexity index is 659. The number of nitrogens with one attached hydrogen (secondary N) is 1. The van der Waals surface area contributed by atoms with E-state index in [9.17, 15) is 9.18 Å². The molecule has 22 heavy (non-hydrogen) atoms. The minimum Gasteiger partial charge on any atom is -0.272 e. The van der Waals surface area contributed by atoms with Crippen LogP contribution in [0.25, 0.3) is 0 Å². The molecule has 0 heterocycles. The molecule has 5 heteroatoms. The number of benzene rings is 2. The Morgan fingerprint density at radius 1 is 1.23 bits per heavy atom. The van der Waals surface area contributed by atoms with Gasteiger partial charge in [0.25, 0.3) is 5.91 Å². The van der Waals surface area contributed by atoms with Crippen LogP contribution in [0, 0.1) is 5.82 Å². The summed E-state index contributed by atoms with van der Waals surface area (Å²) in [5.41, 5.74) is 3.41. The van der Waals surface area contributed by atoms with Gasteiger partial charge < -0.3 is 0 Å². The number of carbonyl (C=O) groups excluding carboxylic acids is 1. The van der Waals surface area contributed by atoms with Crippen molar-refractivity contribution in [3.63, 3.8) is 0 Å². The van der Waals surface area contributed by atoms with Crippen molar-refractivity contribution in [2.75, 3.05) is 0 Å². The van der Waals surface area contributed by atoms with Crippen molar-refractivity contribution in [1.82, 2.24) is 5.48 Å². The molecule has 2 aromatic carbocycles. The number of hydroxylamine groups is 1. The summed E-state index contributed by atoms with van der Waals surface area (Å²) in [5, 5.41) is 0. The standard InChI is InChI=1S/C17H17BrFNO2/c1-17(2,13-6-4-3-5-7-13)16(21)20-22-11-12-8-9-15(19)14(18)10-12/h3-10H,11H2,1-2H3,(H,20,21). The quantitative estimate of drug-likeness (QED) is 0.809. The third-order valence-corrected chi connectivity index (χ3v) is 4.06. The van der Waals surface area contributed by atoms with Crippen LogP contribution in [0.15, 0.2) is 53.0 Å². The Labute approximate surface area is 137 Å². The highest BCUT2D eigenvalue weighted by atomic mass is 79.9. The van der Waals surface area contributed by atoms with Crippen LogP contribution in [-0.4, -0.2) is 5.91 Å². The van der Waals surface area contributed by atoms with E-state index < -0.39 is 5.41 Å². The van der Waals surface area contributed by atoms with Gasteiger partial charge in [-0.15, -0.1) is 0 Å². The number of hydrogen-bond donors (Lipinski definition) is 1. The van der Waals surface area contributed by atoms with Gasteiger partial charge in [-0.3, -0.25) is 9.63 Å². The second-order valence-electron chi connectivity index (χ2n) is 5.46. The first kappa shape index (κ1) is 16.6. The molecule has 1 amide bonds. The summed E-state index contributed by atoms with van der Waals surface area (Å²) < 4.78 is 13.5. The molecule has 3 nitrogen and oxygen atoms in total. The van der Waals surface area contributed by atoms with E-state index in [4.69, 9.17) is 4.84 Å². The first-order valence-electron chi connectivity index (χ1n) is 6.83. The Hall–Kier alpha value is -1.72. The molecule has 2 rings (SSSR count). The molecule has 1 N–H and O–H groups in total. The van der Waals surface area contributed by atoms with E-state index in [1.807, 2.05) is 44.2 Å². The van der Waals surface area contributed by atoms with Crippen molar-refractivity contribution in [2.45, 2.75) is 25.9 Å². The average Bonchev–Trinajstić information content (AvgIpc) is 2.51. The molecule has 0 saturated carbocycles. The number of halogens is 2. The Morgan fingerprint density at radius 3 is 2.55 bits per heavy atom. The van der Waals surface area contributed by atoms with Crippen LogP contribution in [0.4, 0.5) is 4.39 Å². The highest BCUT2D eigenvalue weighted by Gasteiger charge is 2.29. The molecule has 0 aliphatic rings. The van der Waals surface area contributed by atoms with Gasteiger partial charge >= 0.3 is 0 Å². The molecule has 2 aromatic rings. The summed E-state index contributed by atoms with van der Waals surface area (Å²) in [6.45, 7) is 3.82. The van der Waals surface area contributed by atoms with Crippen LogP contribution in [0.5, 0.6) is 0 Å². The third kappa shape index (κ3) is 3.93. The van der Waals surface area contributed by atoms with Crippen LogP contribution in [0.3, 0.4) is 0 Å². The molecule has 0 fully saturated rings. The summed E-state index contributed by atoms with van der Waals surface area (Å²) in [5.74, 6) is -0.571. The first-order chi connectivity index (χ1) is 10.4. The molecule has 0 bridgehead atoms. The lowest BCUT2D eigenvalue weighted by molar-refractivity contribution is -0.139. The smallest absolute Gasteiger partial charge is 0.253 e. The van der Waals surface area contributed by atoms with E-state index in [1.165, 1.54) is 6.07 Å². The molecule has 0 unspecified atom stereocenters. The topological polar surface area (TPSA) is 38.3 Å². The highest BCUT2D eigenvalue weighted by Crippen LogP contribution is 2.23. The zero-order valence-corrected chi connectivity index (χ0v) is 14.0. The van der Waals surface area contributed by atoms with Crippen LogP contribution in [-0.2, 0) is 21.7 Å². The van der Waals surface area contributed by atoms with Gasteiger partial charge in [0.15, 0.2) is 0 Å². The van der Waals surface area contributed by atoms with Gasteiger partial charge in [0.1, 0.15) is 5.82 Å². The lowest BCUT2D eigenvalue weighted by atomic mass is 9.84. The maximum atomic E-state index is 13.1. The molecule has 0 aliphatic carbocycles. The van der Waals surface area contributed by atoms with Gasteiger partial charge in [0, 0.05) is 0 Å². The molecule has 116 valence electrons. The van der Waals surface area contributed by atoms with E-state index in [1.54, 1.807) is 12.1 Å². The molecule has 0 saturated heterocycles. The monoisotopic (exact) mass is 365 g/mol. The van der Waals surface area contributed by atoms with Crippen molar-refractivity contribution in [3.05, 3.63) is 69.9 Å². The SMILES string of the molecule is CC(C)(C(=O)NOCc1ccc(F)c(Br)c1)c1ccccc1. The van der Waals surface area contributed by atoms with Crippen molar-refractivity contribution >= 4 is 21.8 Å². The summed E-state index contributed by atoms with van der Waals surface area (Å²) in [6, 6.07) is 14.0. The lowest BCUT2D eigenvalue weighted by Crippen LogP contribution is -2.39. The van der Waals surface area contributed by atoms with E-state index in [-0.39, 0.29) is 18.3 Å². The van der Waals surface area contributed by atoms with Gasteiger partial charge in [-0.05, 0) is 53.0 Å². The van der Waals surface area contributed by atoms with Gasteiger partial charge in [-0.2, -0.15) is 0 Å². The number of amides is 1. The van der Waals surface area contributed by atoms with Gasteiger partial charge in [0.05, 0.1) is 16.5 Å². The van der Waals surface area contributed by atoms with Gasteiger partial charge in [0.2, 0.25) is 0 Å². The van der Waals surface area contributed by atoms with Crippen LogP contribution in [0.2, 0.25) is 0 Å². The Balaban J connectivity index is 1.93. The molecule has 0 aromatic heterocycles. The molecular formula is C17H17BrFNO2. The maximum Gasteiger partial charge on any atom is 0.253 e. The van der Waals surface area contributed by atoms with Crippen molar-refractivity contribution in [2.24, 2.45) is 0 Å². The van der Waals surface area contributed by atoms with E-state index >= 15 is 0 Å². The fraction of sp³-hybridized carbons (Fsp3) is 0.235. The normalized spacial score (nSPS) is 11.3. The maximum absolute atomic E-state index is 13.1. The Morgan fingerprint density at radius 2 is 1.91 bits per heavy atom. The number of carbonyl (C=O) groups is 1. The summed E-state index contributed by atoms with van der Waals surface area (Å²) in [7, 11) is 0. The largest absolute Gasteiger partial charge is 0.272 e. The zero-order valence-electron chi connectivity index (χ0n) is 12.4. The summed E-state index contributed by atoms with van der Waals surface area (Å²) >= 11 is 3.11. The van der Waals surface area contributed by atoms with Crippen molar-refractivity contribution < 1.29 is 14.0 Å². The highest BCUT2D eigenvalue weighted by molar-refractivity contribution is 9.10. The summed E-state index contributed by atoms with van der Waals surface area (Å²) in [6.07, 6.45) is 0. The molecular weight excluding hydrogens is 349 g/mol. The molecule has 0 radical (unpaired) electrons. The number of rotatable bonds is 5. The molecule has 0 spiro atoms. The van der Waals surface area contributed by atoms with Crippen molar-refractivity contribution in [1.29, 1.82) is 0 Å². The minimum atomic E-state index is -0.704. The van der Waals surface area contributed by atoms with E-state index in [0.717, 1.165) is 11.1 Å². The van der Waals surface area contributed by atoms with E-state index in [2.05, 4.69) is 21.4 Å². The average molecular weight is 366 g/mol. The van der Waals surface area contributed by atoms with Crippen molar-refractivity contribution in [3.8, 4) is 0 Å². The van der Waals surface area contributed by atoms with Gasteiger partial charge in [-0.1, -0.05) is 36.4 Å². The van der Waals surface area contributed by atoms with Crippen LogP contribution < -0.4 is 5.48 Å². The lowest BCUT2D eigenvalue weighted by Gasteiger charge is -2.23. The Kier molecular flexibility index (Phi) is 5.32. The van der Waals surface area contributed by atoms with Crippen LogP contribution in [0.1, 0.15) is 25.0 Å². The summed E-state index contributed by atoms with van der Waals surface area (Å²) in [4.78, 5) is 17.5. The fourth-order valence-electron chi connectivity index (χ4n) is 1.93. The predicted octanol–water partition coefficient (Wildman–Crippen LogP) is 4.11. The van der Waals surface area contributed by atoms with Crippen LogP contribution >= 0.6 is 15.9 Å². The predicted molar refractivity (Wildman–Crippen MR) is 86.5 cm³/mol. The molecule has 0 aliphatic heterocycles. The van der Waals surface area contributed by atoms with Gasteiger partial charge in [-0.25, -0.2) is 9.87 Å². The van der Waals surface area contributed by atoms with E-state index in [0.29, 0.717) is 4.47 Å². The number of hydrogen-bond acceptors (Lipinski definition) is 2. The molecule has 0 atom stereocenters. The third-order valence-electron chi connectivity index (χ3n) is 3.45. The minimum absolute atomic E-state index is 0.162. The fourth-order valence-corrected chi connectivity index (χ4v) is 2.35. The zero-order chi connectivity index (χ0) is 16.2. The second-order valence-corrected chi connectivity index (χ2v) is 6.31. The first-order valence-corrected chi connectivity index (χ1v) is 7.62.